The molecule has 2 aromatic rings. The van der Waals surface area contributed by atoms with E-state index in [1.165, 1.54) is 7.11 Å². The van der Waals surface area contributed by atoms with Crippen molar-refractivity contribution in [3.05, 3.63) is 41.7 Å². The molecule has 0 aliphatic rings. The number of aryl methyl sites for hydroxylation is 1. The molecule has 2 rings (SSSR count). The number of carbonyl (C=O) groups is 1. The summed E-state index contributed by atoms with van der Waals surface area (Å²) < 4.78 is 6.78. The number of hydrogen-bond acceptors (Lipinski definition) is 4. The van der Waals surface area contributed by atoms with Crippen LogP contribution in [-0.2, 0) is 11.3 Å². The van der Waals surface area contributed by atoms with Gasteiger partial charge >= 0.3 is 5.97 Å². The fraction of sp³-hybridized carbons (Fsp3) is 0.286. The first-order valence-electron chi connectivity index (χ1n) is 6.07. The lowest BCUT2D eigenvalue weighted by Crippen LogP contribution is -2.01. The van der Waals surface area contributed by atoms with Crippen LogP contribution in [0.25, 0.3) is 11.0 Å². The molecule has 5 heteroatoms. The maximum absolute atomic E-state index is 11.5. The Morgan fingerprint density at radius 3 is 2.95 bits per heavy atom. The van der Waals surface area contributed by atoms with E-state index in [9.17, 15) is 4.79 Å². The summed E-state index contributed by atoms with van der Waals surface area (Å²) in [6.45, 7) is 3.18. The summed E-state index contributed by atoms with van der Waals surface area (Å²) in [6, 6.07) is 5.38. The minimum Gasteiger partial charge on any atom is -0.465 e. The van der Waals surface area contributed by atoms with Crippen LogP contribution in [0.3, 0.4) is 0 Å². The zero-order valence-corrected chi connectivity index (χ0v) is 11.1. The number of benzene rings is 1. The number of nitrogens with two attached hydrogens (primary N) is 1. The number of nitrogens with zero attached hydrogens (tertiary/aromatic N) is 2. The van der Waals surface area contributed by atoms with Gasteiger partial charge in [0, 0.05) is 13.1 Å². The van der Waals surface area contributed by atoms with Gasteiger partial charge in [-0.15, -0.1) is 0 Å². The largest absolute Gasteiger partial charge is 0.465 e. The van der Waals surface area contributed by atoms with Crippen molar-refractivity contribution in [1.29, 1.82) is 0 Å². The van der Waals surface area contributed by atoms with Gasteiger partial charge in [0.05, 0.1) is 23.7 Å². The van der Waals surface area contributed by atoms with Gasteiger partial charge in [0.1, 0.15) is 5.82 Å². The lowest BCUT2D eigenvalue weighted by molar-refractivity contribution is 0.0601. The first kappa shape index (κ1) is 13.3. The smallest absolute Gasteiger partial charge is 0.337 e. The third-order valence-electron chi connectivity index (χ3n) is 2.95. The van der Waals surface area contributed by atoms with Crippen molar-refractivity contribution in [1.82, 2.24) is 9.55 Å². The predicted octanol–water partition coefficient (Wildman–Crippen LogP) is 1.65. The van der Waals surface area contributed by atoms with Gasteiger partial charge in [-0.25, -0.2) is 9.78 Å². The van der Waals surface area contributed by atoms with Crippen LogP contribution in [0.2, 0.25) is 0 Å². The number of methoxy groups -OCH3 is 1. The number of ether oxygens (including phenoxy) is 1. The number of aromatic nitrogens is 2. The molecule has 19 heavy (non-hydrogen) atoms. The molecule has 2 N–H and O–H groups in total. The fourth-order valence-electron chi connectivity index (χ4n) is 2.00. The van der Waals surface area contributed by atoms with Crippen molar-refractivity contribution in [3.8, 4) is 0 Å². The molecule has 5 nitrogen and oxygen atoms in total. The van der Waals surface area contributed by atoms with E-state index < -0.39 is 0 Å². The van der Waals surface area contributed by atoms with E-state index in [2.05, 4.69) is 9.55 Å². The number of carbonyl (C=O) groups excluding carboxylic acids is 1. The Morgan fingerprint density at radius 1 is 1.47 bits per heavy atom. The maximum atomic E-state index is 11.5. The highest BCUT2D eigenvalue weighted by atomic mass is 16.5. The summed E-state index contributed by atoms with van der Waals surface area (Å²) in [5.74, 6) is 0.552. The quantitative estimate of drug-likeness (QED) is 0.669. The van der Waals surface area contributed by atoms with Crippen LogP contribution in [-0.4, -0.2) is 29.2 Å². The van der Waals surface area contributed by atoms with E-state index in [4.69, 9.17) is 10.5 Å². The monoisotopic (exact) mass is 259 g/mol. The Balaban J connectivity index is 2.42. The van der Waals surface area contributed by atoms with Crippen molar-refractivity contribution < 1.29 is 9.53 Å². The molecule has 0 radical (unpaired) electrons. The number of allylic oxidation sites excluding steroid dienone is 1. The van der Waals surface area contributed by atoms with Gasteiger partial charge in [0.15, 0.2) is 0 Å². The lowest BCUT2D eigenvalue weighted by atomic mass is 10.2. The molecule has 0 saturated heterocycles. The summed E-state index contributed by atoms with van der Waals surface area (Å²) in [5.41, 5.74) is 7.72. The number of imidazole rings is 1. The molecule has 1 aromatic heterocycles. The Bertz CT molecular complexity index is 629. The zero-order chi connectivity index (χ0) is 13.8. The highest BCUT2D eigenvalue weighted by Crippen LogP contribution is 2.18. The number of fused-ring (bicyclic) bond motifs is 1. The fourth-order valence-corrected chi connectivity index (χ4v) is 2.00. The molecular formula is C14H17N3O2. The van der Waals surface area contributed by atoms with Gasteiger partial charge in [-0.05, 0) is 25.1 Å². The second kappa shape index (κ2) is 5.67. The summed E-state index contributed by atoms with van der Waals surface area (Å²) in [5, 5.41) is 0. The van der Waals surface area contributed by atoms with Crippen LogP contribution < -0.4 is 5.73 Å². The summed E-state index contributed by atoms with van der Waals surface area (Å²) in [4.78, 5) is 15.9. The highest BCUT2D eigenvalue weighted by molar-refractivity contribution is 5.93. The molecule has 0 bridgehead atoms. The molecular weight excluding hydrogens is 242 g/mol. The number of esters is 1. The Labute approximate surface area is 111 Å². The third-order valence-corrected chi connectivity index (χ3v) is 2.95. The first-order chi connectivity index (χ1) is 9.17. The molecule has 0 atom stereocenters. The van der Waals surface area contributed by atoms with Crippen molar-refractivity contribution in [2.45, 2.75) is 13.5 Å². The summed E-state index contributed by atoms with van der Waals surface area (Å²) in [7, 11) is 1.37. The first-order valence-corrected chi connectivity index (χ1v) is 6.07. The summed E-state index contributed by atoms with van der Waals surface area (Å²) >= 11 is 0. The van der Waals surface area contributed by atoms with Crippen LogP contribution in [0.15, 0.2) is 30.4 Å². The lowest BCUT2D eigenvalue weighted by Gasteiger charge is -2.03. The Kier molecular flexibility index (Phi) is 3.97. The molecule has 0 aliphatic heterocycles. The van der Waals surface area contributed by atoms with Gasteiger partial charge in [-0.1, -0.05) is 12.2 Å². The number of hydrogen-bond donors (Lipinski definition) is 1. The van der Waals surface area contributed by atoms with Crippen LogP contribution in [0.4, 0.5) is 0 Å². The topological polar surface area (TPSA) is 70.1 Å². The maximum Gasteiger partial charge on any atom is 0.337 e. The van der Waals surface area contributed by atoms with Crippen LogP contribution in [0.1, 0.15) is 16.2 Å². The van der Waals surface area contributed by atoms with Gasteiger partial charge < -0.3 is 15.0 Å². The third kappa shape index (κ3) is 2.66. The molecule has 0 fully saturated rings. The van der Waals surface area contributed by atoms with Gasteiger partial charge in [0.2, 0.25) is 0 Å². The minimum absolute atomic E-state index is 0.350. The van der Waals surface area contributed by atoms with Crippen molar-refractivity contribution in [2.75, 3.05) is 13.7 Å². The van der Waals surface area contributed by atoms with E-state index >= 15 is 0 Å². The van der Waals surface area contributed by atoms with E-state index in [-0.39, 0.29) is 5.97 Å². The van der Waals surface area contributed by atoms with Gasteiger partial charge in [0.25, 0.3) is 0 Å². The summed E-state index contributed by atoms with van der Waals surface area (Å²) in [6.07, 6.45) is 3.91. The van der Waals surface area contributed by atoms with Crippen LogP contribution >= 0.6 is 0 Å². The Hall–Kier alpha value is -2.14. The van der Waals surface area contributed by atoms with E-state index in [0.29, 0.717) is 12.1 Å². The average Bonchev–Trinajstić information content (AvgIpc) is 2.73. The molecule has 0 spiro atoms. The highest BCUT2D eigenvalue weighted by Gasteiger charge is 2.10. The van der Waals surface area contributed by atoms with Gasteiger partial charge in [-0.3, -0.25) is 0 Å². The normalized spacial score (nSPS) is 11.3. The van der Waals surface area contributed by atoms with Crippen molar-refractivity contribution >= 4 is 17.0 Å². The average molecular weight is 259 g/mol. The molecule has 1 heterocycles. The van der Waals surface area contributed by atoms with E-state index in [1.807, 2.05) is 25.1 Å². The van der Waals surface area contributed by atoms with Crippen molar-refractivity contribution in [2.24, 2.45) is 5.73 Å². The molecule has 1 aromatic carbocycles. The number of rotatable bonds is 4. The molecule has 100 valence electrons. The van der Waals surface area contributed by atoms with Crippen LogP contribution in [0, 0.1) is 6.92 Å². The molecule has 0 amide bonds. The standard InChI is InChI=1S/C14H17N3O2/c1-10-16-12-9-11(14(18)19-2)5-6-13(12)17(10)8-4-3-7-15/h3-6,9H,7-8,15H2,1-2H3/b4-3+. The molecule has 0 saturated carbocycles. The second-order valence-corrected chi connectivity index (χ2v) is 4.17. The Morgan fingerprint density at radius 2 is 2.26 bits per heavy atom. The molecule has 0 aliphatic carbocycles. The van der Waals surface area contributed by atoms with Crippen molar-refractivity contribution in [3.63, 3.8) is 0 Å². The second-order valence-electron chi connectivity index (χ2n) is 4.17. The predicted molar refractivity (Wildman–Crippen MR) is 74.0 cm³/mol. The van der Waals surface area contributed by atoms with E-state index in [0.717, 1.165) is 23.4 Å². The van der Waals surface area contributed by atoms with E-state index in [1.54, 1.807) is 12.1 Å². The minimum atomic E-state index is -0.350. The zero-order valence-electron chi connectivity index (χ0n) is 11.1. The van der Waals surface area contributed by atoms with Gasteiger partial charge in [-0.2, -0.15) is 0 Å². The SMILES string of the molecule is COC(=O)c1ccc2c(c1)nc(C)n2C/C=C/CN. The van der Waals surface area contributed by atoms with Crippen LogP contribution in [0.5, 0.6) is 0 Å². The molecule has 0 unspecified atom stereocenters.